The van der Waals surface area contributed by atoms with Gasteiger partial charge in [-0.2, -0.15) is 8.78 Å². The van der Waals surface area contributed by atoms with E-state index in [2.05, 4.69) is 4.74 Å². The summed E-state index contributed by atoms with van der Waals surface area (Å²) in [6.45, 7) is -2.72. The summed E-state index contributed by atoms with van der Waals surface area (Å²) in [5.41, 5.74) is 1.60. The van der Waals surface area contributed by atoms with E-state index in [1.54, 1.807) is 36.4 Å². The third kappa shape index (κ3) is 3.37. The van der Waals surface area contributed by atoms with Gasteiger partial charge in [-0.25, -0.2) is 0 Å². The van der Waals surface area contributed by atoms with Gasteiger partial charge >= 0.3 is 6.61 Å². The van der Waals surface area contributed by atoms with Gasteiger partial charge in [-0.1, -0.05) is 12.1 Å². The van der Waals surface area contributed by atoms with Gasteiger partial charge in [0.15, 0.2) is 5.78 Å². The van der Waals surface area contributed by atoms with Gasteiger partial charge in [0.2, 0.25) is 0 Å². The number of alkyl halides is 2. The zero-order valence-electron chi connectivity index (χ0n) is 12.8. The van der Waals surface area contributed by atoms with Crippen molar-refractivity contribution in [1.82, 2.24) is 0 Å². The highest BCUT2D eigenvalue weighted by molar-refractivity contribution is 6.14. The van der Waals surface area contributed by atoms with Crippen LogP contribution in [0, 0.1) is 0 Å². The fraction of sp³-hybridized carbons (Fsp3) is 0.167. The van der Waals surface area contributed by atoms with E-state index in [1.165, 1.54) is 19.2 Å². The number of hydrogen-bond donors (Lipinski definition) is 0. The fourth-order valence-corrected chi connectivity index (χ4v) is 2.39. The number of ketones is 1. The normalized spacial score (nSPS) is 15.2. The van der Waals surface area contributed by atoms with Crippen molar-refractivity contribution >= 4 is 11.9 Å². The Kier molecular flexibility index (Phi) is 4.46. The van der Waals surface area contributed by atoms with Crippen LogP contribution in [-0.4, -0.2) is 26.1 Å². The first-order valence-corrected chi connectivity index (χ1v) is 7.18. The van der Waals surface area contributed by atoms with Gasteiger partial charge in [0.05, 0.1) is 12.7 Å². The van der Waals surface area contributed by atoms with Crippen molar-refractivity contribution < 1.29 is 27.8 Å². The maximum absolute atomic E-state index is 12.6. The number of halogens is 2. The number of rotatable bonds is 4. The molecular formula is C18H14F2O4. The van der Waals surface area contributed by atoms with Crippen molar-refractivity contribution in [1.29, 1.82) is 0 Å². The van der Waals surface area contributed by atoms with E-state index in [9.17, 15) is 13.6 Å². The molecule has 2 aromatic rings. The van der Waals surface area contributed by atoms with Crippen LogP contribution in [0.3, 0.4) is 0 Å². The van der Waals surface area contributed by atoms with E-state index in [1.807, 2.05) is 0 Å². The molecule has 0 aromatic heterocycles. The van der Waals surface area contributed by atoms with Gasteiger partial charge in [0.1, 0.15) is 23.9 Å². The zero-order chi connectivity index (χ0) is 17.1. The van der Waals surface area contributed by atoms with Crippen LogP contribution in [0.5, 0.6) is 17.2 Å². The summed E-state index contributed by atoms with van der Waals surface area (Å²) in [6, 6.07) is 11.1. The van der Waals surface area contributed by atoms with Gasteiger partial charge in [-0.15, -0.1) is 0 Å². The number of carbonyl (C=O) groups is 1. The van der Waals surface area contributed by atoms with Crippen molar-refractivity contribution in [3.63, 3.8) is 0 Å². The number of benzene rings is 2. The predicted octanol–water partition coefficient (Wildman–Crippen LogP) is 3.96. The minimum absolute atomic E-state index is 0.0634. The van der Waals surface area contributed by atoms with Gasteiger partial charge in [0.25, 0.3) is 0 Å². The Balaban J connectivity index is 1.84. The molecule has 0 fully saturated rings. The molecule has 0 bridgehead atoms. The summed E-state index contributed by atoms with van der Waals surface area (Å²) >= 11 is 0. The Bertz CT molecular complexity index is 782. The molecule has 0 saturated carbocycles. The molecule has 0 radical (unpaired) electrons. The monoisotopic (exact) mass is 332 g/mol. The lowest BCUT2D eigenvalue weighted by atomic mass is 9.98. The van der Waals surface area contributed by atoms with E-state index < -0.39 is 6.61 Å². The number of hydrogen-bond acceptors (Lipinski definition) is 4. The fourth-order valence-electron chi connectivity index (χ4n) is 2.39. The number of Topliss-reactive ketones (excluding diaryl/α,β-unsaturated/α-hetero) is 1. The lowest BCUT2D eigenvalue weighted by Gasteiger charge is -2.19. The third-order valence-electron chi connectivity index (χ3n) is 3.55. The molecule has 0 N–H and O–H groups in total. The van der Waals surface area contributed by atoms with Crippen LogP contribution in [0.15, 0.2) is 48.0 Å². The second kappa shape index (κ2) is 6.70. The van der Waals surface area contributed by atoms with Crippen LogP contribution in [0.25, 0.3) is 6.08 Å². The van der Waals surface area contributed by atoms with Crippen LogP contribution in [0.2, 0.25) is 0 Å². The molecule has 24 heavy (non-hydrogen) atoms. The van der Waals surface area contributed by atoms with Crippen molar-refractivity contribution in [3.8, 4) is 17.2 Å². The Labute approximate surface area is 137 Å². The highest BCUT2D eigenvalue weighted by atomic mass is 19.3. The molecule has 6 heteroatoms. The van der Waals surface area contributed by atoms with Gasteiger partial charge in [-0.05, 0) is 42.0 Å². The van der Waals surface area contributed by atoms with E-state index in [4.69, 9.17) is 9.47 Å². The first kappa shape index (κ1) is 16.0. The maximum Gasteiger partial charge on any atom is 0.387 e. The van der Waals surface area contributed by atoms with Crippen molar-refractivity contribution in [2.75, 3.05) is 13.7 Å². The summed E-state index contributed by atoms with van der Waals surface area (Å²) in [7, 11) is 1.52. The van der Waals surface area contributed by atoms with E-state index in [0.29, 0.717) is 28.2 Å². The van der Waals surface area contributed by atoms with Crippen LogP contribution < -0.4 is 14.2 Å². The molecule has 0 amide bonds. The molecule has 4 nitrogen and oxygen atoms in total. The smallest absolute Gasteiger partial charge is 0.387 e. The summed E-state index contributed by atoms with van der Waals surface area (Å²) in [5, 5.41) is 0. The average Bonchev–Trinajstić information content (AvgIpc) is 2.58. The van der Waals surface area contributed by atoms with Crippen LogP contribution in [0.1, 0.15) is 15.9 Å². The standard InChI is InChI=1S/C18H14F2O4/c1-22-14-6-7-16-15(9-14)17(21)12(10-23-16)8-11-2-4-13(5-3-11)24-18(19)20/h2-9,18H,10H2,1H3/b12-8-. The van der Waals surface area contributed by atoms with Crippen molar-refractivity contribution in [2.24, 2.45) is 0 Å². The predicted molar refractivity (Wildman–Crippen MR) is 83.9 cm³/mol. The molecule has 1 aliphatic rings. The molecule has 1 heterocycles. The molecule has 0 saturated heterocycles. The zero-order valence-corrected chi connectivity index (χ0v) is 12.8. The van der Waals surface area contributed by atoms with Gasteiger partial charge < -0.3 is 14.2 Å². The molecule has 0 unspecified atom stereocenters. The molecule has 0 atom stereocenters. The summed E-state index contributed by atoms with van der Waals surface area (Å²) in [4.78, 5) is 12.6. The molecular weight excluding hydrogens is 318 g/mol. The summed E-state index contributed by atoms with van der Waals surface area (Å²) in [6.07, 6.45) is 1.66. The lowest BCUT2D eigenvalue weighted by Crippen LogP contribution is -2.19. The molecule has 0 spiro atoms. The first-order chi connectivity index (χ1) is 11.6. The minimum Gasteiger partial charge on any atom is -0.497 e. The topological polar surface area (TPSA) is 44.8 Å². The summed E-state index contributed by atoms with van der Waals surface area (Å²) in [5.74, 6) is 0.996. The van der Waals surface area contributed by atoms with Crippen LogP contribution in [-0.2, 0) is 0 Å². The van der Waals surface area contributed by atoms with Crippen molar-refractivity contribution in [2.45, 2.75) is 6.61 Å². The molecule has 2 aromatic carbocycles. The molecule has 1 aliphatic heterocycles. The maximum atomic E-state index is 12.6. The number of fused-ring (bicyclic) bond motifs is 1. The molecule has 124 valence electrons. The Morgan fingerprint density at radius 3 is 2.50 bits per heavy atom. The minimum atomic E-state index is -2.87. The number of carbonyl (C=O) groups excluding carboxylic acids is 1. The highest BCUT2D eigenvalue weighted by Gasteiger charge is 2.23. The average molecular weight is 332 g/mol. The Hall–Kier alpha value is -2.89. The van der Waals surface area contributed by atoms with Gasteiger partial charge in [0, 0.05) is 5.57 Å². The van der Waals surface area contributed by atoms with E-state index >= 15 is 0 Å². The highest BCUT2D eigenvalue weighted by Crippen LogP contribution is 2.31. The summed E-state index contributed by atoms with van der Waals surface area (Å²) < 4.78 is 39.3. The Morgan fingerprint density at radius 2 is 1.83 bits per heavy atom. The quantitative estimate of drug-likeness (QED) is 0.795. The lowest BCUT2D eigenvalue weighted by molar-refractivity contribution is -0.0498. The van der Waals surface area contributed by atoms with Crippen molar-refractivity contribution in [3.05, 3.63) is 59.2 Å². The van der Waals surface area contributed by atoms with Crippen LogP contribution >= 0.6 is 0 Å². The second-order valence-electron chi connectivity index (χ2n) is 5.10. The first-order valence-electron chi connectivity index (χ1n) is 7.18. The SMILES string of the molecule is COc1ccc2c(c1)C(=O)/C(=C\c1ccc(OC(F)F)cc1)CO2. The largest absolute Gasteiger partial charge is 0.497 e. The molecule has 0 aliphatic carbocycles. The second-order valence-corrected chi connectivity index (χ2v) is 5.10. The van der Waals surface area contributed by atoms with E-state index in [0.717, 1.165) is 0 Å². The van der Waals surface area contributed by atoms with E-state index in [-0.39, 0.29) is 18.1 Å². The molecule has 3 rings (SSSR count). The Morgan fingerprint density at radius 1 is 1.12 bits per heavy atom. The number of ether oxygens (including phenoxy) is 3. The third-order valence-corrected chi connectivity index (χ3v) is 3.55. The number of methoxy groups -OCH3 is 1. The van der Waals surface area contributed by atoms with Crippen LogP contribution in [0.4, 0.5) is 8.78 Å². The van der Waals surface area contributed by atoms with Gasteiger partial charge in [-0.3, -0.25) is 4.79 Å².